The summed E-state index contributed by atoms with van der Waals surface area (Å²) in [7, 11) is -1.54. The molecule has 0 spiro atoms. The van der Waals surface area contributed by atoms with Crippen molar-refractivity contribution in [2.24, 2.45) is 0 Å². The molecular formula is C18H19N3O4S. The molecule has 8 heteroatoms. The van der Waals surface area contributed by atoms with Crippen molar-refractivity contribution < 1.29 is 18.8 Å². The standard InChI is InChI=1S/C18H19N3O4S/c1-24-14-4-7-16-17(12-14)20-9-8-18(16)25-13-2-5-15(6-3-13)26(19,23)21-10-11-22/h2-9,12,22H,10-11H2,1H3,(H2,19,21,23)/t26-/m1/s1. The lowest BCUT2D eigenvalue weighted by molar-refractivity contribution is 0.301. The maximum Gasteiger partial charge on any atom is 0.138 e. The van der Waals surface area contributed by atoms with Crippen LogP contribution in [0.15, 0.2) is 59.6 Å². The van der Waals surface area contributed by atoms with E-state index in [0.29, 0.717) is 22.1 Å². The quantitative estimate of drug-likeness (QED) is 0.591. The molecule has 3 aromatic rings. The van der Waals surface area contributed by atoms with E-state index in [4.69, 9.17) is 19.4 Å². The van der Waals surface area contributed by atoms with E-state index in [1.807, 2.05) is 18.2 Å². The summed E-state index contributed by atoms with van der Waals surface area (Å²) < 4.78 is 33.7. The highest BCUT2D eigenvalue weighted by molar-refractivity contribution is 7.90. The van der Waals surface area contributed by atoms with E-state index in [-0.39, 0.29) is 13.2 Å². The highest BCUT2D eigenvalue weighted by Gasteiger charge is 2.10. The topological polar surface area (TPSA) is 105 Å². The number of nitrogens with one attached hydrogen (secondary N) is 2. The molecule has 1 aromatic heterocycles. The summed E-state index contributed by atoms with van der Waals surface area (Å²) in [4.78, 5) is 4.64. The first-order chi connectivity index (χ1) is 12.5. The maximum atomic E-state index is 12.2. The van der Waals surface area contributed by atoms with E-state index >= 15 is 0 Å². The molecule has 0 fully saturated rings. The first-order valence-electron chi connectivity index (χ1n) is 7.88. The van der Waals surface area contributed by atoms with Gasteiger partial charge in [-0.3, -0.25) is 4.98 Å². The van der Waals surface area contributed by atoms with Crippen LogP contribution < -0.4 is 14.2 Å². The molecule has 0 saturated carbocycles. The van der Waals surface area contributed by atoms with Gasteiger partial charge in [0.2, 0.25) is 0 Å². The largest absolute Gasteiger partial charge is 0.497 e. The van der Waals surface area contributed by atoms with Crippen LogP contribution in [0.4, 0.5) is 0 Å². The van der Waals surface area contributed by atoms with Crippen molar-refractivity contribution >= 4 is 20.8 Å². The van der Waals surface area contributed by atoms with E-state index < -0.39 is 9.92 Å². The summed E-state index contributed by atoms with van der Waals surface area (Å²) in [5.74, 6) is 1.90. The fourth-order valence-electron chi connectivity index (χ4n) is 2.42. The van der Waals surface area contributed by atoms with Crippen LogP contribution in [-0.4, -0.2) is 34.6 Å². The van der Waals surface area contributed by atoms with Gasteiger partial charge in [0.15, 0.2) is 0 Å². The van der Waals surface area contributed by atoms with Crippen LogP contribution in [-0.2, 0) is 9.92 Å². The van der Waals surface area contributed by atoms with Gasteiger partial charge in [-0.1, -0.05) is 0 Å². The molecule has 2 aromatic carbocycles. The summed E-state index contributed by atoms with van der Waals surface area (Å²) in [6.07, 6.45) is 1.65. The van der Waals surface area contributed by atoms with Gasteiger partial charge in [-0.25, -0.2) is 13.7 Å². The number of nitrogens with zero attached hydrogens (tertiary/aromatic N) is 1. The molecule has 0 amide bonds. The van der Waals surface area contributed by atoms with Crippen LogP contribution in [0.2, 0.25) is 0 Å². The Morgan fingerprint density at radius 3 is 2.58 bits per heavy atom. The maximum absolute atomic E-state index is 12.2. The van der Waals surface area contributed by atoms with Gasteiger partial charge in [0.25, 0.3) is 0 Å². The second kappa shape index (κ2) is 7.69. The predicted octanol–water partition coefficient (Wildman–Crippen LogP) is 2.94. The van der Waals surface area contributed by atoms with Crippen molar-refractivity contribution in [2.45, 2.75) is 4.90 Å². The van der Waals surface area contributed by atoms with Crippen molar-refractivity contribution in [1.82, 2.24) is 9.71 Å². The molecule has 0 radical (unpaired) electrons. The van der Waals surface area contributed by atoms with Crippen molar-refractivity contribution in [3.8, 4) is 17.2 Å². The zero-order chi connectivity index (χ0) is 18.6. The van der Waals surface area contributed by atoms with Crippen LogP contribution in [0.5, 0.6) is 17.2 Å². The number of pyridine rings is 1. The van der Waals surface area contributed by atoms with E-state index in [1.165, 1.54) is 0 Å². The van der Waals surface area contributed by atoms with E-state index in [2.05, 4.69) is 9.71 Å². The van der Waals surface area contributed by atoms with Gasteiger partial charge in [0.05, 0.1) is 24.1 Å². The highest BCUT2D eigenvalue weighted by atomic mass is 32.2. The smallest absolute Gasteiger partial charge is 0.138 e. The number of ether oxygens (including phenoxy) is 2. The normalized spacial score (nSPS) is 13.3. The average Bonchev–Trinajstić information content (AvgIpc) is 2.66. The molecule has 3 rings (SSSR count). The van der Waals surface area contributed by atoms with Crippen molar-refractivity contribution in [1.29, 1.82) is 4.78 Å². The van der Waals surface area contributed by atoms with Crippen LogP contribution in [0.1, 0.15) is 0 Å². The van der Waals surface area contributed by atoms with Crippen LogP contribution in [0.3, 0.4) is 0 Å². The Kier molecular flexibility index (Phi) is 5.36. The van der Waals surface area contributed by atoms with Gasteiger partial charge in [-0.15, -0.1) is 0 Å². The summed E-state index contributed by atoms with van der Waals surface area (Å²) >= 11 is 0. The fourth-order valence-corrected chi connectivity index (χ4v) is 3.48. The second-order valence-corrected chi connectivity index (χ2v) is 7.31. The zero-order valence-corrected chi connectivity index (χ0v) is 15.0. The zero-order valence-electron chi connectivity index (χ0n) is 14.1. The van der Waals surface area contributed by atoms with Gasteiger partial charge in [0.1, 0.15) is 27.2 Å². The summed E-state index contributed by atoms with van der Waals surface area (Å²) in [5, 5.41) is 9.64. The third kappa shape index (κ3) is 3.93. The van der Waals surface area contributed by atoms with Gasteiger partial charge < -0.3 is 14.6 Å². The van der Waals surface area contributed by atoms with Crippen LogP contribution in [0, 0.1) is 4.78 Å². The highest BCUT2D eigenvalue weighted by Crippen LogP contribution is 2.31. The van der Waals surface area contributed by atoms with E-state index in [1.54, 1.807) is 43.6 Å². The minimum absolute atomic E-state index is 0.0903. The molecule has 0 bridgehead atoms. The summed E-state index contributed by atoms with van der Waals surface area (Å²) in [6, 6.07) is 13.7. The Morgan fingerprint density at radius 2 is 1.88 bits per heavy atom. The lowest BCUT2D eigenvalue weighted by atomic mass is 10.2. The number of hydrogen-bond acceptors (Lipinski definition) is 6. The fraction of sp³-hybridized carbons (Fsp3) is 0.167. The molecule has 0 aliphatic heterocycles. The number of benzene rings is 2. The van der Waals surface area contributed by atoms with Crippen LogP contribution in [0.25, 0.3) is 10.9 Å². The molecule has 26 heavy (non-hydrogen) atoms. The lowest BCUT2D eigenvalue weighted by Gasteiger charge is -2.11. The second-order valence-electron chi connectivity index (χ2n) is 5.44. The Morgan fingerprint density at radius 1 is 1.15 bits per heavy atom. The number of aromatic nitrogens is 1. The van der Waals surface area contributed by atoms with E-state index in [0.717, 1.165) is 10.9 Å². The molecule has 1 atom stereocenters. The van der Waals surface area contributed by atoms with Crippen molar-refractivity contribution in [2.75, 3.05) is 20.3 Å². The summed E-state index contributed by atoms with van der Waals surface area (Å²) in [5.41, 5.74) is 0.751. The van der Waals surface area contributed by atoms with E-state index in [9.17, 15) is 4.21 Å². The van der Waals surface area contributed by atoms with Gasteiger partial charge in [0, 0.05) is 24.2 Å². The number of hydrogen-bond donors (Lipinski definition) is 3. The molecular weight excluding hydrogens is 354 g/mol. The number of fused-ring (bicyclic) bond motifs is 1. The Balaban J connectivity index is 1.85. The molecule has 3 N–H and O–H groups in total. The number of aliphatic hydroxyl groups excluding tert-OH is 1. The SMILES string of the molecule is COc1ccc2c(Oc3ccc([S@](=N)(=O)NCCO)cc3)ccnc2c1. The molecule has 0 saturated heterocycles. The van der Waals surface area contributed by atoms with Gasteiger partial charge in [-0.05, 0) is 42.5 Å². The molecule has 0 aliphatic rings. The molecule has 136 valence electrons. The molecule has 7 nitrogen and oxygen atoms in total. The van der Waals surface area contributed by atoms with Gasteiger partial charge in [-0.2, -0.15) is 0 Å². The molecule has 1 heterocycles. The Labute approximate surface area is 151 Å². The Hall–Kier alpha value is -2.68. The number of aliphatic hydroxyl groups is 1. The third-order valence-electron chi connectivity index (χ3n) is 3.71. The third-order valence-corrected chi connectivity index (χ3v) is 5.26. The van der Waals surface area contributed by atoms with Crippen molar-refractivity contribution in [3.63, 3.8) is 0 Å². The summed E-state index contributed by atoms with van der Waals surface area (Å²) in [6.45, 7) is -0.0932. The monoisotopic (exact) mass is 373 g/mol. The number of rotatable bonds is 7. The Bertz CT molecular complexity index is 1000. The predicted molar refractivity (Wildman–Crippen MR) is 99.0 cm³/mol. The van der Waals surface area contributed by atoms with Gasteiger partial charge >= 0.3 is 0 Å². The van der Waals surface area contributed by atoms with Crippen molar-refractivity contribution in [3.05, 3.63) is 54.7 Å². The number of methoxy groups -OCH3 is 1. The minimum atomic E-state index is -3.14. The minimum Gasteiger partial charge on any atom is -0.497 e. The first-order valence-corrected chi connectivity index (χ1v) is 9.44. The first kappa shape index (κ1) is 18.1. The lowest BCUT2D eigenvalue weighted by Crippen LogP contribution is -2.25. The molecule has 0 aliphatic carbocycles. The average molecular weight is 373 g/mol. The molecule has 0 unspecified atom stereocenters. The van der Waals surface area contributed by atoms with Crippen LogP contribution >= 0.6 is 0 Å².